The highest BCUT2D eigenvalue weighted by Crippen LogP contribution is 2.30. The van der Waals surface area contributed by atoms with Crippen LogP contribution in [0.3, 0.4) is 0 Å². The van der Waals surface area contributed by atoms with Gasteiger partial charge in [0.05, 0.1) is 5.56 Å². The van der Waals surface area contributed by atoms with Gasteiger partial charge in [-0.25, -0.2) is 0 Å². The van der Waals surface area contributed by atoms with E-state index in [1.807, 2.05) is 0 Å². The molecule has 0 aliphatic rings. The van der Waals surface area contributed by atoms with E-state index in [1.165, 1.54) is 18.2 Å². The van der Waals surface area contributed by atoms with Crippen molar-refractivity contribution in [2.75, 3.05) is 5.73 Å². The molecular weight excluding hydrogens is 311 g/mol. The van der Waals surface area contributed by atoms with Crippen LogP contribution in [-0.2, 0) is 17.4 Å². The average Bonchev–Trinajstić information content (AvgIpc) is 2.47. The number of nitrogens with two attached hydrogens (primary N) is 1. The molecule has 0 bridgehead atoms. The van der Waals surface area contributed by atoms with Crippen molar-refractivity contribution in [3.8, 4) is 0 Å². The fourth-order valence-corrected chi connectivity index (χ4v) is 2.09. The molecule has 7 heteroatoms. The number of rotatable bonds is 4. The van der Waals surface area contributed by atoms with Gasteiger partial charge in [0.15, 0.2) is 5.78 Å². The fraction of sp³-hybridized carbons (Fsp3) is 0.125. The van der Waals surface area contributed by atoms with Gasteiger partial charge in [0.25, 0.3) is 0 Å². The molecule has 0 spiro atoms. The fourth-order valence-electron chi connectivity index (χ4n) is 2.09. The standard InChI is InChI=1S/C16H12F3NO3/c17-16(18,19)11-6-4-9(5-7-11)15(23)12-3-1-2-10(14(12)20)8-13(21)22/h1-7H,8,20H2,(H,21,22)/p-1. The van der Waals surface area contributed by atoms with Crippen molar-refractivity contribution in [2.45, 2.75) is 12.6 Å². The van der Waals surface area contributed by atoms with E-state index in [9.17, 15) is 27.9 Å². The largest absolute Gasteiger partial charge is 0.550 e. The molecule has 2 N–H and O–H groups in total. The normalized spacial score (nSPS) is 11.3. The van der Waals surface area contributed by atoms with Gasteiger partial charge < -0.3 is 15.6 Å². The van der Waals surface area contributed by atoms with Gasteiger partial charge in [-0.15, -0.1) is 0 Å². The number of para-hydroxylation sites is 1. The van der Waals surface area contributed by atoms with Crippen LogP contribution in [0.5, 0.6) is 0 Å². The summed E-state index contributed by atoms with van der Waals surface area (Å²) >= 11 is 0. The molecule has 0 heterocycles. The predicted molar refractivity (Wildman–Crippen MR) is 74.4 cm³/mol. The zero-order valence-corrected chi connectivity index (χ0v) is 11.7. The van der Waals surface area contributed by atoms with E-state index in [4.69, 9.17) is 5.73 Å². The van der Waals surface area contributed by atoms with E-state index in [2.05, 4.69) is 0 Å². The maximum atomic E-state index is 12.5. The van der Waals surface area contributed by atoms with Crippen molar-refractivity contribution in [1.82, 2.24) is 0 Å². The number of benzene rings is 2. The third-order valence-corrected chi connectivity index (χ3v) is 3.25. The molecule has 0 aromatic heterocycles. The van der Waals surface area contributed by atoms with Crippen LogP contribution >= 0.6 is 0 Å². The molecule has 120 valence electrons. The second kappa shape index (κ2) is 6.12. The Balaban J connectivity index is 2.36. The molecular formula is C16H11F3NO3-. The SMILES string of the molecule is Nc1c(CC(=O)[O-])cccc1C(=O)c1ccc(C(F)(F)F)cc1. The van der Waals surface area contributed by atoms with Gasteiger partial charge >= 0.3 is 6.18 Å². The van der Waals surface area contributed by atoms with E-state index >= 15 is 0 Å². The van der Waals surface area contributed by atoms with Crippen LogP contribution in [0, 0.1) is 0 Å². The van der Waals surface area contributed by atoms with E-state index in [0.717, 1.165) is 24.3 Å². The number of nitrogen functional groups attached to an aromatic ring is 1. The van der Waals surface area contributed by atoms with Gasteiger partial charge in [-0.1, -0.05) is 24.3 Å². The summed E-state index contributed by atoms with van der Waals surface area (Å²) < 4.78 is 37.5. The molecule has 0 saturated heterocycles. The summed E-state index contributed by atoms with van der Waals surface area (Å²) in [4.78, 5) is 23.0. The summed E-state index contributed by atoms with van der Waals surface area (Å²) in [6.07, 6.45) is -4.95. The Bertz CT molecular complexity index is 752. The maximum absolute atomic E-state index is 12.5. The number of carbonyl (C=O) groups excluding carboxylic acids is 2. The zero-order valence-electron chi connectivity index (χ0n) is 11.7. The third-order valence-electron chi connectivity index (χ3n) is 3.25. The van der Waals surface area contributed by atoms with Crippen molar-refractivity contribution < 1.29 is 27.9 Å². The molecule has 2 rings (SSSR count). The number of halogens is 3. The molecule has 0 fully saturated rings. The molecule has 0 saturated carbocycles. The predicted octanol–water partition coefficient (Wildman–Crippen LogP) is 1.81. The highest BCUT2D eigenvalue weighted by molar-refractivity contribution is 6.12. The number of hydrogen-bond acceptors (Lipinski definition) is 4. The number of hydrogen-bond donors (Lipinski definition) is 1. The minimum Gasteiger partial charge on any atom is -0.550 e. The smallest absolute Gasteiger partial charge is 0.416 e. The monoisotopic (exact) mass is 322 g/mol. The summed E-state index contributed by atoms with van der Waals surface area (Å²) in [6.45, 7) is 0. The topological polar surface area (TPSA) is 83.2 Å². The molecule has 0 amide bonds. The van der Waals surface area contributed by atoms with Crippen molar-refractivity contribution in [2.24, 2.45) is 0 Å². The van der Waals surface area contributed by atoms with E-state index < -0.39 is 29.9 Å². The van der Waals surface area contributed by atoms with Crippen LogP contribution in [0.15, 0.2) is 42.5 Å². The first-order chi connectivity index (χ1) is 10.7. The number of carboxylic acids is 1. The lowest BCUT2D eigenvalue weighted by atomic mass is 9.97. The maximum Gasteiger partial charge on any atom is 0.416 e. The van der Waals surface area contributed by atoms with Crippen molar-refractivity contribution in [3.63, 3.8) is 0 Å². The van der Waals surface area contributed by atoms with Crippen LogP contribution in [-0.4, -0.2) is 11.8 Å². The summed E-state index contributed by atoms with van der Waals surface area (Å²) in [7, 11) is 0. The molecule has 0 unspecified atom stereocenters. The number of anilines is 1. The quantitative estimate of drug-likeness (QED) is 0.687. The van der Waals surface area contributed by atoms with Gasteiger partial charge in [-0.3, -0.25) is 4.79 Å². The number of alkyl halides is 3. The van der Waals surface area contributed by atoms with Crippen LogP contribution in [0.25, 0.3) is 0 Å². The van der Waals surface area contributed by atoms with Gasteiger partial charge in [-0.05, 0) is 23.8 Å². The molecule has 2 aromatic rings. The summed E-state index contributed by atoms with van der Waals surface area (Å²) in [6, 6.07) is 7.98. The first-order valence-corrected chi connectivity index (χ1v) is 6.49. The van der Waals surface area contributed by atoms with Crippen LogP contribution in [0.4, 0.5) is 18.9 Å². The van der Waals surface area contributed by atoms with Crippen LogP contribution in [0.2, 0.25) is 0 Å². The van der Waals surface area contributed by atoms with Gasteiger partial charge in [0, 0.05) is 29.2 Å². The van der Waals surface area contributed by atoms with Crippen molar-refractivity contribution in [1.29, 1.82) is 0 Å². The van der Waals surface area contributed by atoms with E-state index in [0.29, 0.717) is 0 Å². The van der Waals surface area contributed by atoms with Crippen LogP contribution < -0.4 is 10.8 Å². The Morgan fingerprint density at radius 3 is 2.17 bits per heavy atom. The molecule has 2 aromatic carbocycles. The van der Waals surface area contributed by atoms with Gasteiger partial charge in [-0.2, -0.15) is 13.2 Å². The minimum atomic E-state index is -4.49. The number of carbonyl (C=O) groups is 2. The first kappa shape index (κ1) is 16.5. The molecule has 0 aliphatic heterocycles. The minimum absolute atomic E-state index is 0.0234. The Morgan fingerprint density at radius 1 is 1.04 bits per heavy atom. The summed E-state index contributed by atoms with van der Waals surface area (Å²) in [5, 5.41) is 10.6. The molecule has 23 heavy (non-hydrogen) atoms. The summed E-state index contributed by atoms with van der Waals surface area (Å²) in [5.74, 6) is -1.94. The third kappa shape index (κ3) is 3.68. The Kier molecular flexibility index (Phi) is 4.40. The van der Waals surface area contributed by atoms with E-state index in [-0.39, 0.29) is 22.4 Å². The Labute approximate surface area is 129 Å². The lowest BCUT2D eigenvalue weighted by Gasteiger charge is -2.11. The number of ketones is 1. The zero-order chi connectivity index (χ0) is 17.2. The van der Waals surface area contributed by atoms with E-state index in [1.54, 1.807) is 0 Å². The Hall–Kier alpha value is -2.83. The highest BCUT2D eigenvalue weighted by Gasteiger charge is 2.30. The lowest BCUT2D eigenvalue weighted by molar-refractivity contribution is -0.304. The Morgan fingerprint density at radius 2 is 1.65 bits per heavy atom. The van der Waals surface area contributed by atoms with Gasteiger partial charge in [0.2, 0.25) is 0 Å². The molecule has 4 nitrogen and oxygen atoms in total. The number of aliphatic carboxylic acids is 1. The first-order valence-electron chi connectivity index (χ1n) is 6.49. The van der Waals surface area contributed by atoms with Crippen molar-refractivity contribution >= 4 is 17.4 Å². The molecule has 0 radical (unpaired) electrons. The molecule has 0 atom stereocenters. The highest BCUT2D eigenvalue weighted by atomic mass is 19.4. The average molecular weight is 322 g/mol. The molecule has 0 aliphatic carbocycles. The second-order valence-electron chi connectivity index (χ2n) is 4.83. The van der Waals surface area contributed by atoms with Gasteiger partial charge in [0.1, 0.15) is 0 Å². The summed E-state index contributed by atoms with van der Waals surface area (Å²) in [5.41, 5.74) is 5.15. The van der Waals surface area contributed by atoms with Crippen LogP contribution in [0.1, 0.15) is 27.0 Å². The number of carboxylic acid groups (broad SMARTS) is 1. The van der Waals surface area contributed by atoms with Crippen molar-refractivity contribution in [3.05, 3.63) is 64.7 Å². The second-order valence-corrected chi connectivity index (χ2v) is 4.83. The lowest BCUT2D eigenvalue weighted by Crippen LogP contribution is -2.25.